The molecular formula is C13H20BrNO. The number of rotatable bonds is 5. The second-order valence-electron chi connectivity index (χ2n) is 4.56. The van der Waals surface area contributed by atoms with Gasteiger partial charge in [-0.05, 0) is 52.4 Å². The van der Waals surface area contributed by atoms with Crippen LogP contribution in [0.1, 0.15) is 25.8 Å². The fourth-order valence-electron chi connectivity index (χ4n) is 1.83. The maximum Gasteiger partial charge on any atom is 0.133 e. The van der Waals surface area contributed by atoms with Crippen LogP contribution in [0, 0.1) is 5.92 Å². The third kappa shape index (κ3) is 4.14. The molecule has 3 heteroatoms. The highest BCUT2D eigenvalue weighted by molar-refractivity contribution is 9.10. The van der Waals surface area contributed by atoms with Crippen molar-refractivity contribution in [3.8, 4) is 5.75 Å². The van der Waals surface area contributed by atoms with E-state index in [-0.39, 0.29) is 6.04 Å². The van der Waals surface area contributed by atoms with E-state index in [1.807, 2.05) is 6.07 Å². The van der Waals surface area contributed by atoms with E-state index in [9.17, 15) is 0 Å². The third-order valence-corrected chi connectivity index (χ3v) is 3.11. The molecule has 2 N–H and O–H groups in total. The Labute approximate surface area is 106 Å². The number of ether oxygens (including phenoxy) is 1. The predicted molar refractivity (Wildman–Crippen MR) is 71.8 cm³/mol. The smallest absolute Gasteiger partial charge is 0.133 e. The molecular weight excluding hydrogens is 266 g/mol. The third-order valence-electron chi connectivity index (χ3n) is 2.49. The van der Waals surface area contributed by atoms with Crippen molar-refractivity contribution >= 4 is 15.9 Å². The molecule has 1 aromatic rings. The fourth-order valence-corrected chi connectivity index (χ4v) is 2.42. The molecule has 0 aliphatic rings. The maximum atomic E-state index is 6.08. The van der Waals surface area contributed by atoms with E-state index in [4.69, 9.17) is 10.5 Å². The molecule has 0 saturated carbocycles. The van der Waals surface area contributed by atoms with Crippen LogP contribution in [0.3, 0.4) is 0 Å². The molecule has 1 unspecified atom stereocenters. The SMILES string of the molecule is COc1ccc(CC(N)CC(C)C)cc1Br. The number of nitrogens with two attached hydrogens (primary N) is 1. The Morgan fingerprint density at radius 2 is 2.06 bits per heavy atom. The average molecular weight is 286 g/mol. The summed E-state index contributed by atoms with van der Waals surface area (Å²) in [5.41, 5.74) is 7.33. The van der Waals surface area contributed by atoms with Gasteiger partial charge in [-0.15, -0.1) is 0 Å². The van der Waals surface area contributed by atoms with Crippen molar-refractivity contribution in [1.29, 1.82) is 0 Å². The Balaban J connectivity index is 2.64. The minimum Gasteiger partial charge on any atom is -0.496 e. The van der Waals surface area contributed by atoms with Crippen LogP contribution in [-0.4, -0.2) is 13.2 Å². The lowest BCUT2D eigenvalue weighted by molar-refractivity contribution is 0.411. The first-order valence-corrected chi connectivity index (χ1v) is 6.40. The van der Waals surface area contributed by atoms with E-state index >= 15 is 0 Å². The molecule has 2 nitrogen and oxygen atoms in total. The predicted octanol–water partition coefficient (Wildman–Crippen LogP) is 3.37. The van der Waals surface area contributed by atoms with Gasteiger partial charge >= 0.3 is 0 Å². The zero-order valence-electron chi connectivity index (χ0n) is 10.2. The van der Waals surface area contributed by atoms with Crippen LogP contribution in [0.5, 0.6) is 5.75 Å². The Bertz CT molecular complexity index is 339. The van der Waals surface area contributed by atoms with Gasteiger partial charge in [0.15, 0.2) is 0 Å². The van der Waals surface area contributed by atoms with Gasteiger partial charge < -0.3 is 10.5 Å². The van der Waals surface area contributed by atoms with Crippen LogP contribution >= 0.6 is 15.9 Å². The van der Waals surface area contributed by atoms with Crippen molar-refractivity contribution in [2.75, 3.05) is 7.11 Å². The lowest BCUT2D eigenvalue weighted by Gasteiger charge is -2.14. The first-order valence-electron chi connectivity index (χ1n) is 5.61. The minimum absolute atomic E-state index is 0.236. The summed E-state index contributed by atoms with van der Waals surface area (Å²) >= 11 is 3.48. The maximum absolute atomic E-state index is 6.08. The molecule has 0 aliphatic carbocycles. The standard InChI is InChI=1S/C13H20BrNO/c1-9(2)6-11(15)7-10-4-5-13(16-3)12(14)8-10/h4-5,8-9,11H,6-7,15H2,1-3H3. The summed E-state index contributed by atoms with van der Waals surface area (Å²) in [5, 5.41) is 0. The second kappa shape index (κ2) is 6.26. The van der Waals surface area contributed by atoms with Gasteiger partial charge in [-0.2, -0.15) is 0 Å². The van der Waals surface area contributed by atoms with Crippen LogP contribution in [0.2, 0.25) is 0 Å². The van der Waals surface area contributed by atoms with Gasteiger partial charge in [0.1, 0.15) is 5.75 Å². The second-order valence-corrected chi connectivity index (χ2v) is 5.42. The van der Waals surface area contributed by atoms with Crippen molar-refractivity contribution < 1.29 is 4.74 Å². The Morgan fingerprint density at radius 1 is 1.38 bits per heavy atom. The van der Waals surface area contributed by atoms with E-state index in [2.05, 4.69) is 41.9 Å². The molecule has 16 heavy (non-hydrogen) atoms. The molecule has 0 radical (unpaired) electrons. The number of hydrogen-bond donors (Lipinski definition) is 1. The van der Waals surface area contributed by atoms with Crippen molar-refractivity contribution in [3.63, 3.8) is 0 Å². The monoisotopic (exact) mass is 285 g/mol. The van der Waals surface area contributed by atoms with Crippen molar-refractivity contribution in [2.24, 2.45) is 11.7 Å². The molecule has 1 aromatic carbocycles. The largest absolute Gasteiger partial charge is 0.496 e. The van der Waals surface area contributed by atoms with Crippen LogP contribution in [0.4, 0.5) is 0 Å². The van der Waals surface area contributed by atoms with Gasteiger partial charge in [0.05, 0.1) is 11.6 Å². The molecule has 0 bridgehead atoms. The molecule has 0 saturated heterocycles. The molecule has 0 heterocycles. The summed E-state index contributed by atoms with van der Waals surface area (Å²) in [6.45, 7) is 4.40. The van der Waals surface area contributed by atoms with Crippen molar-refractivity contribution in [1.82, 2.24) is 0 Å². The van der Waals surface area contributed by atoms with Crippen molar-refractivity contribution in [2.45, 2.75) is 32.7 Å². The van der Waals surface area contributed by atoms with Crippen LogP contribution < -0.4 is 10.5 Å². The molecule has 0 fully saturated rings. The molecule has 0 aliphatic heterocycles. The lowest BCUT2D eigenvalue weighted by atomic mass is 9.98. The molecule has 0 spiro atoms. The van der Waals surface area contributed by atoms with Gasteiger partial charge in [-0.3, -0.25) is 0 Å². The summed E-state index contributed by atoms with van der Waals surface area (Å²) in [4.78, 5) is 0. The first kappa shape index (κ1) is 13.5. The van der Waals surface area contributed by atoms with Gasteiger partial charge in [0.2, 0.25) is 0 Å². The fraction of sp³-hybridized carbons (Fsp3) is 0.538. The van der Waals surface area contributed by atoms with Gasteiger partial charge in [0, 0.05) is 6.04 Å². The van der Waals surface area contributed by atoms with Crippen LogP contribution in [0.15, 0.2) is 22.7 Å². The zero-order chi connectivity index (χ0) is 12.1. The van der Waals surface area contributed by atoms with Gasteiger partial charge in [-0.25, -0.2) is 0 Å². The Kier molecular flexibility index (Phi) is 5.29. The molecule has 1 atom stereocenters. The van der Waals surface area contributed by atoms with E-state index in [1.54, 1.807) is 7.11 Å². The number of hydrogen-bond acceptors (Lipinski definition) is 2. The zero-order valence-corrected chi connectivity index (χ0v) is 11.8. The highest BCUT2D eigenvalue weighted by atomic mass is 79.9. The average Bonchev–Trinajstić information content (AvgIpc) is 2.16. The first-order chi connectivity index (χ1) is 7.52. The van der Waals surface area contributed by atoms with Crippen LogP contribution in [0.25, 0.3) is 0 Å². The molecule has 90 valence electrons. The number of benzene rings is 1. The van der Waals surface area contributed by atoms with E-state index < -0.39 is 0 Å². The number of methoxy groups -OCH3 is 1. The van der Waals surface area contributed by atoms with Crippen LogP contribution in [-0.2, 0) is 6.42 Å². The highest BCUT2D eigenvalue weighted by Gasteiger charge is 2.08. The molecule has 0 aromatic heterocycles. The molecule has 0 amide bonds. The number of halogens is 1. The van der Waals surface area contributed by atoms with Crippen molar-refractivity contribution in [3.05, 3.63) is 28.2 Å². The normalized spacial score (nSPS) is 12.9. The summed E-state index contributed by atoms with van der Waals surface area (Å²) in [5.74, 6) is 1.51. The van der Waals surface area contributed by atoms with Gasteiger partial charge in [0.25, 0.3) is 0 Å². The van der Waals surface area contributed by atoms with E-state index in [1.165, 1.54) is 5.56 Å². The van der Waals surface area contributed by atoms with E-state index in [0.29, 0.717) is 5.92 Å². The Morgan fingerprint density at radius 3 is 2.56 bits per heavy atom. The summed E-state index contributed by atoms with van der Waals surface area (Å²) in [6.07, 6.45) is 1.98. The summed E-state index contributed by atoms with van der Waals surface area (Å²) < 4.78 is 6.18. The van der Waals surface area contributed by atoms with Gasteiger partial charge in [-0.1, -0.05) is 19.9 Å². The lowest BCUT2D eigenvalue weighted by Crippen LogP contribution is -2.24. The quantitative estimate of drug-likeness (QED) is 0.900. The highest BCUT2D eigenvalue weighted by Crippen LogP contribution is 2.26. The summed E-state index contributed by atoms with van der Waals surface area (Å²) in [7, 11) is 1.67. The summed E-state index contributed by atoms with van der Waals surface area (Å²) in [6, 6.07) is 6.37. The Hall–Kier alpha value is -0.540. The topological polar surface area (TPSA) is 35.2 Å². The van der Waals surface area contributed by atoms with E-state index in [0.717, 1.165) is 23.1 Å². The minimum atomic E-state index is 0.236. The molecule has 1 rings (SSSR count).